The molecular weight excluding hydrogens is 238 g/mol. The molecule has 7 heteroatoms. The van der Waals surface area contributed by atoms with Crippen LogP contribution in [0, 0.1) is 5.92 Å². The van der Waals surface area contributed by atoms with Crippen LogP contribution in [-0.4, -0.2) is 54.6 Å². The van der Waals surface area contributed by atoms with Crippen LogP contribution < -0.4 is 10.6 Å². The highest BCUT2D eigenvalue weighted by atomic mass is 16.4. The van der Waals surface area contributed by atoms with Crippen molar-refractivity contribution in [1.82, 2.24) is 15.5 Å². The molecular formula is C11H21N3O4. The molecule has 0 aromatic rings. The molecule has 0 fully saturated rings. The van der Waals surface area contributed by atoms with E-state index >= 15 is 0 Å². The Morgan fingerprint density at radius 1 is 1.28 bits per heavy atom. The first-order valence-electron chi connectivity index (χ1n) is 5.79. The molecule has 3 amide bonds. The van der Waals surface area contributed by atoms with Gasteiger partial charge in [-0.3, -0.25) is 19.8 Å². The zero-order valence-corrected chi connectivity index (χ0v) is 11.0. The fourth-order valence-electron chi connectivity index (χ4n) is 1.12. The Bertz CT molecular complexity index is 305. The lowest BCUT2D eigenvalue weighted by atomic mass is 10.2. The molecule has 0 aliphatic carbocycles. The Kier molecular flexibility index (Phi) is 7.69. The molecule has 0 rings (SSSR count). The van der Waals surface area contributed by atoms with Crippen LogP contribution in [0.5, 0.6) is 0 Å². The molecule has 0 heterocycles. The number of rotatable bonds is 7. The summed E-state index contributed by atoms with van der Waals surface area (Å²) < 4.78 is 0. The van der Waals surface area contributed by atoms with Crippen LogP contribution in [0.2, 0.25) is 0 Å². The normalized spacial score (nSPS) is 10.5. The van der Waals surface area contributed by atoms with E-state index in [1.165, 1.54) is 0 Å². The van der Waals surface area contributed by atoms with Gasteiger partial charge in [0.15, 0.2) is 0 Å². The van der Waals surface area contributed by atoms with Crippen molar-refractivity contribution < 1.29 is 19.5 Å². The number of carboxylic acid groups (broad SMARTS) is 1. The minimum absolute atomic E-state index is 0.0115. The zero-order valence-electron chi connectivity index (χ0n) is 11.0. The minimum Gasteiger partial charge on any atom is -0.481 e. The molecule has 0 spiro atoms. The van der Waals surface area contributed by atoms with E-state index in [-0.39, 0.29) is 19.5 Å². The van der Waals surface area contributed by atoms with Gasteiger partial charge in [-0.05, 0) is 13.0 Å². The van der Waals surface area contributed by atoms with Crippen molar-refractivity contribution in [2.45, 2.75) is 20.3 Å². The maximum atomic E-state index is 11.4. The van der Waals surface area contributed by atoms with Gasteiger partial charge in [-0.25, -0.2) is 4.79 Å². The minimum atomic E-state index is -0.920. The Morgan fingerprint density at radius 2 is 1.89 bits per heavy atom. The highest BCUT2D eigenvalue weighted by molar-refractivity contribution is 5.95. The molecule has 7 nitrogen and oxygen atoms in total. The van der Waals surface area contributed by atoms with Gasteiger partial charge in [0, 0.05) is 13.1 Å². The van der Waals surface area contributed by atoms with Crippen molar-refractivity contribution in [1.29, 1.82) is 0 Å². The third-order valence-electron chi connectivity index (χ3n) is 2.04. The van der Waals surface area contributed by atoms with Gasteiger partial charge in [0.25, 0.3) is 0 Å². The summed E-state index contributed by atoms with van der Waals surface area (Å²) in [7, 11) is 1.62. The number of carbonyl (C=O) groups excluding carboxylic acids is 2. The van der Waals surface area contributed by atoms with Gasteiger partial charge in [0.2, 0.25) is 5.91 Å². The molecule has 0 aromatic carbocycles. The van der Waals surface area contributed by atoms with Gasteiger partial charge >= 0.3 is 12.0 Å². The third-order valence-corrected chi connectivity index (χ3v) is 2.04. The molecule has 0 atom stereocenters. The number of nitrogens with one attached hydrogen (secondary N) is 2. The molecule has 3 N–H and O–H groups in total. The van der Waals surface area contributed by atoms with Gasteiger partial charge < -0.3 is 10.4 Å². The van der Waals surface area contributed by atoms with Crippen LogP contribution in [0.15, 0.2) is 0 Å². The predicted octanol–water partition coefficient (Wildman–Crippen LogP) is -0.125. The molecule has 0 saturated heterocycles. The number of urea groups is 1. The molecule has 0 aromatic heterocycles. The summed E-state index contributed by atoms with van der Waals surface area (Å²) in [5.41, 5.74) is 0. The molecule has 0 unspecified atom stereocenters. The maximum absolute atomic E-state index is 11.4. The maximum Gasteiger partial charge on any atom is 0.321 e. The van der Waals surface area contributed by atoms with Crippen molar-refractivity contribution in [3.05, 3.63) is 0 Å². The van der Waals surface area contributed by atoms with Crippen LogP contribution in [0.4, 0.5) is 4.79 Å². The number of amides is 3. The summed E-state index contributed by atoms with van der Waals surface area (Å²) >= 11 is 0. The second-order valence-electron chi connectivity index (χ2n) is 4.53. The number of aliphatic carboxylic acids is 1. The van der Waals surface area contributed by atoms with Gasteiger partial charge in [-0.15, -0.1) is 0 Å². The molecule has 0 saturated carbocycles. The van der Waals surface area contributed by atoms with E-state index in [1.54, 1.807) is 11.9 Å². The predicted molar refractivity (Wildman–Crippen MR) is 66.1 cm³/mol. The molecule has 0 radical (unpaired) electrons. The van der Waals surface area contributed by atoms with E-state index < -0.39 is 17.9 Å². The van der Waals surface area contributed by atoms with E-state index in [9.17, 15) is 14.4 Å². The van der Waals surface area contributed by atoms with E-state index in [4.69, 9.17) is 5.11 Å². The van der Waals surface area contributed by atoms with Crippen molar-refractivity contribution in [2.24, 2.45) is 5.92 Å². The lowest BCUT2D eigenvalue weighted by Crippen LogP contribution is -2.44. The Labute approximate surface area is 107 Å². The van der Waals surface area contributed by atoms with Crippen LogP contribution in [0.3, 0.4) is 0 Å². The van der Waals surface area contributed by atoms with E-state index in [2.05, 4.69) is 10.6 Å². The first-order chi connectivity index (χ1) is 8.31. The van der Waals surface area contributed by atoms with Crippen molar-refractivity contribution in [2.75, 3.05) is 26.7 Å². The number of carboxylic acids is 1. The largest absolute Gasteiger partial charge is 0.481 e. The van der Waals surface area contributed by atoms with E-state index in [0.717, 1.165) is 0 Å². The quantitative estimate of drug-likeness (QED) is 0.592. The Balaban J connectivity index is 3.81. The fraction of sp³-hybridized carbons (Fsp3) is 0.727. The number of hydrogen-bond donors (Lipinski definition) is 3. The Morgan fingerprint density at radius 3 is 2.39 bits per heavy atom. The van der Waals surface area contributed by atoms with Crippen molar-refractivity contribution in [3.8, 4) is 0 Å². The highest BCUT2D eigenvalue weighted by Crippen LogP contribution is 1.88. The lowest BCUT2D eigenvalue weighted by Gasteiger charge is -2.15. The van der Waals surface area contributed by atoms with E-state index in [1.807, 2.05) is 13.8 Å². The molecule has 104 valence electrons. The summed E-state index contributed by atoms with van der Waals surface area (Å²) in [5, 5.41) is 13.2. The second kappa shape index (κ2) is 8.46. The third kappa shape index (κ3) is 9.59. The molecule has 0 bridgehead atoms. The van der Waals surface area contributed by atoms with Gasteiger partial charge in [-0.1, -0.05) is 13.8 Å². The van der Waals surface area contributed by atoms with Gasteiger partial charge in [0.1, 0.15) is 0 Å². The summed E-state index contributed by atoms with van der Waals surface area (Å²) in [5.74, 6) is -1.06. The average Bonchev–Trinajstić information content (AvgIpc) is 2.23. The average molecular weight is 259 g/mol. The van der Waals surface area contributed by atoms with Crippen LogP contribution in [-0.2, 0) is 9.59 Å². The highest BCUT2D eigenvalue weighted by Gasteiger charge is 2.11. The van der Waals surface area contributed by atoms with Gasteiger partial charge in [0.05, 0.1) is 13.0 Å². The van der Waals surface area contributed by atoms with Crippen LogP contribution in [0.1, 0.15) is 20.3 Å². The van der Waals surface area contributed by atoms with Crippen LogP contribution in [0.25, 0.3) is 0 Å². The fourth-order valence-corrected chi connectivity index (χ4v) is 1.12. The van der Waals surface area contributed by atoms with Crippen LogP contribution >= 0.6 is 0 Å². The second-order valence-corrected chi connectivity index (χ2v) is 4.53. The van der Waals surface area contributed by atoms with Crippen molar-refractivity contribution >= 4 is 17.9 Å². The number of carbonyl (C=O) groups is 3. The number of hydrogen-bond acceptors (Lipinski definition) is 4. The number of nitrogens with zero attached hydrogens (tertiary/aromatic N) is 1. The smallest absolute Gasteiger partial charge is 0.321 e. The number of likely N-dealkylation sites (N-methyl/N-ethyl adjacent to an activating group) is 1. The summed E-state index contributed by atoms with van der Waals surface area (Å²) in [4.78, 5) is 34.5. The zero-order chi connectivity index (χ0) is 14.1. The molecule has 18 heavy (non-hydrogen) atoms. The first-order valence-corrected chi connectivity index (χ1v) is 5.79. The SMILES string of the molecule is CC(C)CNC(=O)NC(=O)CN(C)CCC(=O)O. The van der Waals surface area contributed by atoms with E-state index in [0.29, 0.717) is 12.5 Å². The topological polar surface area (TPSA) is 98.7 Å². The Hall–Kier alpha value is -1.63. The monoisotopic (exact) mass is 259 g/mol. The summed E-state index contributed by atoms with van der Waals surface area (Å²) in [6, 6.07) is -0.527. The van der Waals surface area contributed by atoms with Gasteiger partial charge in [-0.2, -0.15) is 0 Å². The molecule has 0 aliphatic rings. The van der Waals surface area contributed by atoms with Crippen molar-refractivity contribution in [3.63, 3.8) is 0 Å². The summed E-state index contributed by atoms with van der Waals surface area (Å²) in [6.07, 6.45) is -0.0384. The standard InChI is InChI=1S/C11H21N3O4/c1-8(2)6-12-11(18)13-9(15)7-14(3)5-4-10(16)17/h8H,4-7H2,1-3H3,(H,16,17)(H2,12,13,15,18). The lowest BCUT2D eigenvalue weighted by molar-refractivity contribution is -0.137. The number of imide groups is 1. The molecule has 0 aliphatic heterocycles. The summed E-state index contributed by atoms with van der Waals surface area (Å²) in [6.45, 7) is 4.64. The first kappa shape index (κ1) is 16.4.